The predicted molar refractivity (Wildman–Crippen MR) is 112 cm³/mol. The Morgan fingerprint density at radius 1 is 1.18 bits per heavy atom. The summed E-state index contributed by atoms with van der Waals surface area (Å²) in [6, 6.07) is 3.43. The minimum atomic E-state index is -4.68. The summed E-state index contributed by atoms with van der Waals surface area (Å²) in [5.41, 5.74) is -1.73. The van der Waals surface area contributed by atoms with Gasteiger partial charge in [0.05, 0.1) is 11.1 Å². The van der Waals surface area contributed by atoms with Crippen molar-refractivity contribution in [2.24, 2.45) is 5.92 Å². The van der Waals surface area contributed by atoms with Crippen LogP contribution in [0, 0.1) is 17.6 Å². The van der Waals surface area contributed by atoms with Crippen LogP contribution in [0.15, 0.2) is 41.3 Å². The number of halogens is 5. The lowest BCUT2D eigenvalue weighted by Gasteiger charge is -2.22. The molecule has 174 valence electrons. The van der Waals surface area contributed by atoms with Gasteiger partial charge in [0.15, 0.2) is 5.65 Å². The number of hydrogen-bond acceptors (Lipinski definition) is 4. The molecule has 0 saturated heterocycles. The van der Waals surface area contributed by atoms with E-state index in [4.69, 9.17) is 0 Å². The van der Waals surface area contributed by atoms with E-state index in [1.165, 1.54) is 12.1 Å². The number of anilines is 1. The van der Waals surface area contributed by atoms with Crippen molar-refractivity contribution in [3.63, 3.8) is 0 Å². The highest BCUT2D eigenvalue weighted by Crippen LogP contribution is 2.40. The van der Waals surface area contributed by atoms with Crippen molar-refractivity contribution in [3.8, 4) is 5.69 Å². The fourth-order valence-corrected chi connectivity index (χ4v) is 3.58. The van der Waals surface area contributed by atoms with Crippen LogP contribution >= 0.6 is 0 Å². The maximum Gasteiger partial charge on any atom is 0.408 e. The van der Waals surface area contributed by atoms with Crippen molar-refractivity contribution in [1.29, 1.82) is 0 Å². The van der Waals surface area contributed by atoms with Crippen LogP contribution in [0.2, 0.25) is 0 Å². The summed E-state index contributed by atoms with van der Waals surface area (Å²) in [5.74, 6) is -3.44. The van der Waals surface area contributed by atoms with Crippen molar-refractivity contribution in [2.75, 3.05) is 19.0 Å². The van der Waals surface area contributed by atoms with Crippen molar-refractivity contribution in [3.05, 3.63) is 63.9 Å². The van der Waals surface area contributed by atoms with Crippen LogP contribution in [0.1, 0.15) is 23.2 Å². The topological polar surface area (TPSA) is 67.2 Å². The highest BCUT2D eigenvalue weighted by Gasteiger charge is 2.49. The molecule has 11 heteroatoms. The van der Waals surface area contributed by atoms with E-state index in [0.717, 1.165) is 22.9 Å². The highest BCUT2D eigenvalue weighted by molar-refractivity contribution is 5.97. The standard InChI is InChI=1S/C22H19F5N4O2/c1-30(2)17-8-6-13-18(32)14(21(33)29-19(11-3-4-11)22(25,26)27)10-31(20(13)28-17)16-7-5-12(23)9-15(16)24/h5-11,19H,3-4H2,1-2H3,(H,29,33). The normalized spacial score (nSPS) is 14.9. The predicted octanol–water partition coefficient (Wildman–Crippen LogP) is 3.80. The van der Waals surface area contributed by atoms with Gasteiger partial charge < -0.3 is 10.2 Å². The van der Waals surface area contributed by atoms with Crippen LogP contribution in [0.4, 0.5) is 27.8 Å². The number of amides is 1. The Labute approximate surface area is 184 Å². The molecule has 2 heterocycles. The minimum Gasteiger partial charge on any atom is -0.363 e. The van der Waals surface area contributed by atoms with Crippen LogP contribution in [-0.4, -0.2) is 41.8 Å². The number of aromatic nitrogens is 2. The van der Waals surface area contributed by atoms with Gasteiger partial charge in [-0.1, -0.05) is 0 Å². The van der Waals surface area contributed by atoms with Gasteiger partial charge in [-0.3, -0.25) is 14.2 Å². The van der Waals surface area contributed by atoms with Gasteiger partial charge in [0.2, 0.25) is 5.43 Å². The number of carbonyl (C=O) groups excluding carboxylic acids is 1. The molecule has 0 bridgehead atoms. The Morgan fingerprint density at radius 3 is 2.45 bits per heavy atom. The second-order valence-electron chi connectivity index (χ2n) is 8.10. The number of benzene rings is 1. The van der Waals surface area contributed by atoms with E-state index in [0.29, 0.717) is 24.7 Å². The molecule has 2 aromatic heterocycles. The van der Waals surface area contributed by atoms with Crippen LogP contribution < -0.4 is 15.6 Å². The lowest BCUT2D eigenvalue weighted by Crippen LogP contribution is -2.48. The first kappa shape index (κ1) is 22.7. The Hall–Kier alpha value is -3.50. The van der Waals surface area contributed by atoms with Crippen LogP contribution in [-0.2, 0) is 0 Å². The number of pyridine rings is 2. The summed E-state index contributed by atoms with van der Waals surface area (Å²) in [6.07, 6.45) is -3.13. The molecule has 1 fully saturated rings. The van der Waals surface area contributed by atoms with Gasteiger partial charge in [-0.05, 0) is 43.0 Å². The molecule has 1 saturated carbocycles. The summed E-state index contributed by atoms with van der Waals surface area (Å²) >= 11 is 0. The third-order valence-corrected chi connectivity index (χ3v) is 5.44. The van der Waals surface area contributed by atoms with E-state index >= 15 is 0 Å². The average Bonchev–Trinajstić information content (AvgIpc) is 3.56. The summed E-state index contributed by atoms with van der Waals surface area (Å²) in [5, 5.41) is 1.81. The first-order chi connectivity index (χ1) is 15.5. The fraction of sp³-hybridized carbons (Fsp3) is 0.318. The van der Waals surface area contributed by atoms with Gasteiger partial charge in [0.1, 0.15) is 29.1 Å². The van der Waals surface area contributed by atoms with E-state index in [1.54, 1.807) is 19.0 Å². The third-order valence-electron chi connectivity index (χ3n) is 5.44. The summed E-state index contributed by atoms with van der Waals surface area (Å²) < 4.78 is 69.3. The quantitative estimate of drug-likeness (QED) is 0.581. The average molecular weight is 466 g/mol. The summed E-state index contributed by atoms with van der Waals surface area (Å²) in [4.78, 5) is 31.8. The molecule has 3 aromatic rings. The molecule has 0 aliphatic heterocycles. The lowest BCUT2D eigenvalue weighted by atomic mass is 10.1. The van der Waals surface area contributed by atoms with Crippen LogP contribution in [0.25, 0.3) is 16.7 Å². The number of nitrogens with one attached hydrogen (secondary N) is 1. The van der Waals surface area contributed by atoms with Gasteiger partial charge in [-0.2, -0.15) is 13.2 Å². The Morgan fingerprint density at radius 2 is 1.88 bits per heavy atom. The molecule has 0 radical (unpaired) electrons. The van der Waals surface area contributed by atoms with Crippen molar-refractivity contribution >= 4 is 22.8 Å². The maximum absolute atomic E-state index is 14.6. The zero-order valence-electron chi connectivity index (χ0n) is 17.6. The van der Waals surface area contributed by atoms with Crippen LogP contribution in [0.3, 0.4) is 0 Å². The zero-order valence-corrected chi connectivity index (χ0v) is 17.6. The molecular formula is C22H19F5N4O2. The zero-order chi connectivity index (χ0) is 24.1. The fourth-order valence-electron chi connectivity index (χ4n) is 3.58. The largest absolute Gasteiger partial charge is 0.408 e. The smallest absolute Gasteiger partial charge is 0.363 e. The SMILES string of the molecule is CN(C)c1ccc2c(=O)c(C(=O)NC(C3CC3)C(F)(F)F)cn(-c3ccc(F)cc3F)c2n1. The monoisotopic (exact) mass is 466 g/mol. The minimum absolute atomic E-state index is 0.0391. The number of alkyl halides is 3. The van der Waals surface area contributed by atoms with Crippen molar-refractivity contribution in [2.45, 2.75) is 25.1 Å². The number of hydrogen-bond donors (Lipinski definition) is 1. The molecular weight excluding hydrogens is 447 g/mol. The number of carbonyl (C=O) groups is 1. The molecule has 1 aliphatic carbocycles. The summed E-state index contributed by atoms with van der Waals surface area (Å²) in [7, 11) is 3.37. The van der Waals surface area contributed by atoms with Gasteiger partial charge in [0, 0.05) is 26.4 Å². The molecule has 1 N–H and O–H groups in total. The Bertz CT molecular complexity index is 1300. The lowest BCUT2D eigenvalue weighted by molar-refractivity contribution is -0.158. The number of rotatable bonds is 5. The molecule has 0 spiro atoms. The molecule has 33 heavy (non-hydrogen) atoms. The first-order valence-electron chi connectivity index (χ1n) is 10.0. The van der Waals surface area contributed by atoms with Gasteiger partial charge in [-0.25, -0.2) is 13.8 Å². The number of nitrogens with zero attached hydrogens (tertiary/aromatic N) is 3. The van der Waals surface area contributed by atoms with Gasteiger partial charge >= 0.3 is 6.18 Å². The maximum atomic E-state index is 14.6. The number of fused-ring (bicyclic) bond motifs is 1. The van der Waals surface area contributed by atoms with Gasteiger partial charge in [0.25, 0.3) is 5.91 Å². The first-order valence-corrected chi connectivity index (χ1v) is 10.0. The molecule has 1 atom stereocenters. The summed E-state index contributed by atoms with van der Waals surface area (Å²) in [6.45, 7) is 0. The Kier molecular flexibility index (Phi) is 5.59. The van der Waals surface area contributed by atoms with Crippen LogP contribution in [0.5, 0.6) is 0 Å². The second kappa shape index (κ2) is 8.13. The molecule has 1 aromatic carbocycles. The molecule has 6 nitrogen and oxygen atoms in total. The highest BCUT2D eigenvalue weighted by atomic mass is 19.4. The Balaban J connectivity index is 1.91. The van der Waals surface area contributed by atoms with Crippen molar-refractivity contribution in [1.82, 2.24) is 14.9 Å². The van der Waals surface area contributed by atoms with E-state index in [2.05, 4.69) is 4.98 Å². The molecule has 1 amide bonds. The van der Waals surface area contributed by atoms with E-state index in [9.17, 15) is 31.5 Å². The second-order valence-corrected chi connectivity index (χ2v) is 8.10. The third kappa shape index (κ3) is 4.39. The van der Waals surface area contributed by atoms with E-state index < -0.39 is 46.7 Å². The van der Waals surface area contributed by atoms with E-state index in [-0.39, 0.29) is 16.7 Å². The molecule has 4 rings (SSSR count). The van der Waals surface area contributed by atoms with Gasteiger partial charge in [-0.15, -0.1) is 0 Å². The van der Waals surface area contributed by atoms with E-state index in [1.807, 2.05) is 5.32 Å². The van der Waals surface area contributed by atoms with Crippen molar-refractivity contribution < 1.29 is 26.7 Å². The molecule has 1 aliphatic rings. The molecule has 1 unspecified atom stereocenters.